The van der Waals surface area contributed by atoms with Crippen LogP contribution in [0.25, 0.3) is 0 Å². The fourth-order valence-electron chi connectivity index (χ4n) is 2.40. The minimum absolute atomic E-state index is 0.0220. The summed E-state index contributed by atoms with van der Waals surface area (Å²) in [5.41, 5.74) is 0.257. The van der Waals surface area contributed by atoms with Crippen LogP contribution in [0, 0.1) is 11.3 Å². The van der Waals surface area contributed by atoms with Crippen molar-refractivity contribution in [3.05, 3.63) is 0 Å². The van der Waals surface area contributed by atoms with Crippen molar-refractivity contribution in [3.63, 3.8) is 0 Å². The van der Waals surface area contributed by atoms with Crippen molar-refractivity contribution in [2.75, 3.05) is 13.7 Å². The molecule has 68 valence electrons. The van der Waals surface area contributed by atoms with E-state index in [0.29, 0.717) is 5.92 Å². The molecule has 0 radical (unpaired) electrons. The topological polar surface area (TPSA) is 38.3 Å². The SMILES string of the molecule is COC(=O)[C@@H]1NC[C@@]12CC[C@@H]2C. The highest BCUT2D eigenvalue weighted by atomic mass is 16.5. The van der Waals surface area contributed by atoms with Gasteiger partial charge in [0.2, 0.25) is 0 Å². The van der Waals surface area contributed by atoms with Gasteiger partial charge in [-0.15, -0.1) is 0 Å². The lowest BCUT2D eigenvalue weighted by molar-refractivity contribution is -0.162. The highest BCUT2D eigenvalue weighted by Gasteiger charge is 2.58. The summed E-state index contributed by atoms with van der Waals surface area (Å²) in [6.07, 6.45) is 2.44. The van der Waals surface area contributed by atoms with Gasteiger partial charge in [0.1, 0.15) is 6.04 Å². The van der Waals surface area contributed by atoms with Gasteiger partial charge in [-0.25, -0.2) is 0 Å². The molecule has 1 saturated heterocycles. The molecule has 0 aromatic rings. The van der Waals surface area contributed by atoms with Gasteiger partial charge < -0.3 is 10.1 Å². The van der Waals surface area contributed by atoms with Crippen molar-refractivity contribution >= 4 is 5.97 Å². The number of carbonyl (C=O) groups is 1. The Morgan fingerprint density at radius 3 is 2.67 bits per heavy atom. The predicted octanol–water partition coefficient (Wildman–Crippen LogP) is 0.547. The van der Waals surface area contributed by atoms with Gasteiger partial charge in [-0.2, -0.15) is 0 Å². The first kappa shape index (κ1) is 8.05. The normalized spacial score (nSPS) is 44.8. The molecule has 0 bridgehead atoms. The van der Waals surface area contributed by atoms with E-state index in [-0.39, 0.29) is 17.4 Å². The number of nitrogens with one attached hydrogen (secondary N) is 1. The summed E-state index contributed by atoms with van der Waals surface area (Å²) in [6, 6.07) is -0.0220. The van der Waals surface area contributed by atoms with Crippen molar-refractivity contribution in [2.45, 2.75) is 25.8 Å². The average molecular weight is 169 g/mol. The van der Waals surface area contributed by atoms with Crippen molar-refractivity contribution in [1.29, 1.82) is 0 Å². The van der Waals surface area contributed by atoms with E-state index >= 15 is 0 Å². The number of hydrogen-bond donors (Lipinski definition) is 1. The van der Waals surface area contributed by atoms with Crippen LogP contribution in [0.5, 0.6) is 0 Å². The fraction of sp³-hybridized carbons (Fsp3) is 0.889. The summed E-state index contributed by atoms with van der Waals surface area (Å²) in [5.74, 6) is 0.593. The third kappa shape index (κ3) is 0.774. The second-order valence-corrected chi connectivity index (χ2v) is 4.01. The van der Waals surface area contributed by atoms with E-state index in [1.807, 2.05) is 0 Å². The van der Waals surface area contributed by atoms with Crippen LogP contribution in [0.4, 0.5) is 0 Å². The molecule has 2 fully saturated rings. The minimum atomic E-state index is -0.0900. The van der Waals surface area contributed by atoms with Crippen molar-refractivity contribution in [3.8, 4) is 0 Å². The molecule has 3 atom stereocenters. The molecule has 0 aromatic heterocycles. The highest BCUT2D eigenvalue weighted by Crippen LogP contribution is 2.53. The van der Waals surface area contributed by atoms with Gasteiger partial charge >= 0.3 is 5.97 Å². The Hall–Kier alpha value is -0.570. The molecule has 2 aliphatic rings. The standard InChI is InChI=1S/C9H15NO2/c1-6-3-4-9(6)5-10-7(9)8(11)12-2/h6-7,10H,3-5H2,1-2H3/t6-,7-,9+/m0/s1. The Labute approximate surface area is 72.5 Å². The van der Waals surface area contributed by atoms with E-state index in [9.17, 15) is 4.79 Å². The Bertz CT molecular complexity index is 213. The van der Waals surface area contributed by atoms with Gasteiger partial charge in [0, 0.05) is 12.0 Å². The fourth-order valence-corrected chi connectivity index (χ4v) is 2.40. The number of ether oxygens (including phenoxy) is 1. The number of carbonyl (C=O) groups excluding carboxylic acids is 1. The third-order valence-corrected chi connectivity index (χ3v) is 3.67. The molecule has 0 aromatic carbocycles. The van der Waals surface area contributed by atoms with Crippen LogP contribution in [-0.2, 0) is 9.53 Å². The van der Waals surface area contributed by atoms with Gasteiger partial charge in [-0.3, -0.25) is 4.79 Å². The molecule has 1 heterocycles. The summed E-state index contributed by atoms with van der Waals surface area (Å²) in [4.78, 5) is 11.3. The zero-order chi connectivity index (χ0) is 8.77. The molecule has 2 rings (SSSR count). The second-order valence-electron chi connectivity index (χ2n) is 4.01. The third-order valence-electron chi connectivity index (χ3n) is 3.67. The summed E-state index contributed by atoms with van der Waals surface area (Å²) < 4.78 is 4.73. The van der Waals surface area contributed by atoms with Gasteiger partial charge in [-0.05, 0) is 18.8 Å². The molecule has 3 nitrogen and oxygen atoms in total. The van der Waals surface area contributed by atoms with Gasteiger partial charge in [0.15, 0.2) is 0 Å². The van der Waals surface area contributed by atoms with E-state index in [1.165, 1.54) is 20.0 Å². The van der Waals surface area contributed by atoms with E-state index in [4.69, 9.17) is 4.74 Å². The zero-order valence-electron chi connectivity index (χ0n) is 7.59. The first-order chi connectivity index (χ1) is 5.70. The van der Waals surface area contributed by atoms with Gasteiger partial charge in [0.25, 0.3) is 0 Å². The van der Waals surface area contributed by atoms with E-state index < -0.39 is 0 Å². The van der Waals surface area contributed by atoms with E-state index in [2.05, 4.69) is 12.2 Å². The Morgan fingerprint density at radius 1 is 1.67 bits per heavy atom. The summed E-state index contributed by atoms with van der Waals surface area (Å²) in [6.45, 7) is 3.22. The molecule has 1 spiro atoms. The van der Waals surface area contributed by atoms with Crippen LogP contribution in [0.3, 0.4) is 0 Å². The lowest BCUT2D eigenvalue weighted by Crippen LogP contribution is -2.72. The molecule has 0 amide bonds. The van der Waals surface area contributed by atoms with Crippen molar-refractivity contribution in [1.82, 2.24) is 5.32 Å². The monoisotopic (exact) mass is 169 g/mol. The lowest BCUT2D eigenvalue weighted by Gasteiger charge is -2.59. The quantitative estimate of drug-likeness (QED) is 0.582. The van der Waals surface area contributed by atoms with Crippen LogP contribution in [-0.4, -0.2) is 25.7 Å². The molecule has 3 heteroatoms. The Balaban J connectivity index is 2.05. The molecule has 1 N–H and O–H groups in total. The van der Waals surface area contributed by atoms with Crippen LogP contribution in [0.2, 0.25) is 0 Å². The van der Waals surface area contributed by atoms with E-state index in [1.54, 1.807) is 0 Å². The van der Waals surface area contributed by atoms with Crippen LogP contribution in [0.1, 0.15) is 19.8 Å². The minimum Gasteiger partial charge on any atom is -0.468 e. The molecule has 12 heavy (non-hydrogen) atoms. The number of hydrogen-bond acceptors (Lipinski definition) is 3. The maximum absolute atomic E-state index is 11.3. The number of rotatable bonds is 1. The average Bonchev–Trinajstić information content (AvgIpc) is 2.00. The first-order valence-corrected chi connectivity index (χ1v) is 4.52. The lowest BCUT2D eigenvalue weighted by atomic mass is 9.53. The van der Waals surface area contributed by atoms with Crippen molar-refractivity contribution in [2.24, 2.45) is 11.3 Å². The summed E-state index contributed by atoms with van der Waals surface area (Å²) in [7, 11) is 1.46. The van der Waals surface area contributed by atoms with Crippen molar-refractivity contribution < 1.29 is 9.53 Å². The summed E-state index contributed by atoms with van der Waals surface area (Å²) in [5, 5.41) is 3.14. The molecular weight excluding hydrogens is 154 g/mol. The second kappa shape index (κ2) is 2.46. The molecule has 1 saturated carbocycles. The number of methoxy groups -OCH3 is 1. The maximum atomic E-state index is 11.3. The van der Waals surface area contributed by atoms with Gasteiger partial charge in [-0.1, -0.05) is 6.92 Å². The predicted molar refractivity (Wildman–Crippen MR) is 44.6 cm³/mol. The highest BCUT2D eigenvalue weighted by molar-refractivity contribution is 5.78. The summed E-state index contributed by atoms with van der Waals surface area (Å²) >= 11 is 0. The van der Waals surface area contributed by atoms with Gasteiger partial charge in [0.05, 0.1) is 7.11 Å². The van der Waals surface area contributed by atoms with E-state index in [0.717, 1.165) is 6.54 Å². The molecule has 1 aliphatic carbocycles. The molecule has 0 unspecified atom stereocenters. The smallest absolute Gasteiger partial charge is 0.323 e. The Morgan fingerprint density at radius 2 is 2.42 bits per heavy atom. The Kier molecular flexibility index (Phi) is 1.65. The largest absolute Gasteiger partial charge is 0.468 e. The molecular formula is C9H15NO2. The zero-order valence-corrected chi connectivity index (χ0v) is 7.59. The number of esters is 1. The van der Waals surface area contributed by atoms with Crippen LogP contribution < -0.4 is 5.32 Å². The van der Waals surface area contributed by atoms with Crippen LogP contribution >= 0.6 is 0 Å². The first-order valence-electron chi connectivity index (χ1n) is 4.52. The molecule has 1 aliphatic heterocycles. The van der Waals surface area contributed by atoms with Crippen LogP contribution in [0.15, 0.2) is 0 Å². The maximum Gasteiger partial charge on any atom is 0.323 e.